The molecule has 0 saturated carbocycles. The standard InChI is InChI=1S/C12H11NO4S/c1-18(15,16)13-10-4-2-9(3-5-10)12-7-6-11(8-14)17-12/h2-8,13H,1H3. The van der Waals surface area contributed by atoms with E-state index in [2.05, 4.69) is 4.72 Å². The summed E-state index contributed by atoms with van der Waals surface area (Å²) in [5.74, 6) is 0.811. The van der Waals surface area contributed by atoms with E-state index in [9.17, 15) is 13.2 Å². The van der Waals surface area contributed by atoms with E-state index in [-0.39, 0.29) is 5.76 Å². The summed E-state index contributed by atoms with van der Waals surface area (Å²) in [6.07, 6.45) is 1.72. The van der Waals surface area contributed by atoms with E-state index in [1.165, 1.54) is 0 Å². The summed E-state index contributed by atoms with van der Waals surface area (Å²) < 4.78 is 29.7. The molecule has 0 unspecified atom stereocenters. The highest BCUT2D eigenvalue weighted by Crippen LogP contribution is 2.23. The fourth-order valence-corrected chi connectivity index (χ4v) is 2.05. The molecule has 2 aromatic rings. The number of nitrogens with one attached hydrogen (secondary N) is 1. The molecule has 1 N–H and O–H groups in total. The van der Waals surface area contributed by atoms with Gasteiger partial charge >= 0.3 is 0 Å². The Hall–Kier alpha value is -2.08. The highest BCUT2D eigenvalue weighted by Gasteiger charge is 2.05. The molecule has 6 heteroatoms. The van der Waals surface area contributed by atoms with Crippen molar-refractivity contribution >= 4 is 22.0 Å². The van der Waals surface area contributed by atoms with Gasteiger partial charge in [0.2, 0.25) is 10.0 Å². The quantitative estimate of drug-likeness (QED) is 0.859. The summed E-state index contributed by atoms with van der Waals surface area (Å²) in [5, 5.41) is 0. The van der Waals surface area contributed by atoms with Gasteiger partial charge in [0.15, 0.2) is 12.0 Å². The van der Waals surface area contributed by atoms with Crippen molar-refractivity contribution in [2.75, 3.05) is 11.0 Å². The molecule has 1 heterocycles. The lowest BCUT2D eigenvalue weighted by molar-refractivity contribution is 0.110. The highest BCUT2D eigenvalue weighted by atomic mass is 32.2. The van der Waals surface area contributed by atoms with Gasteiger partial charge in [0, 0.05) is 11.3 Å². The number of aldehydes is 1. The van der Waals surface area contributed by atoms with E-state index in [0.29, 0.717) is 17.7 Å². The van der Waals surface area contributed by atoms with Crippen molar-refractivity contribution in [3.8, 4) is 11.3 Å². The molecule has 0 aliphatic carbocycles. The molecule has 2 rings (SSSR count). The third kappa shape index (κ3) is 2.98. The molecule has 0 fully saturated rings. The van der Waals surface area contributed by atoms with Crippen LogP contribution in [0.1, 0.15) is 10.6 Å². The highest BCUT2D eigenvalue weighted by molar-refractivity contribution is 7.92. The minimum atomic E-state index is -3.27. The van der Waals surface area contributed by atoms with Crippen molar-refractivity contribution in [1.82, 2.24) is 0 Å². The van der Waals surface area contributed by atoms with Crippen LogP contribution in [0.3, 0.4) is 0 Å². The van der Waals surface area contributed by atoms with Gasteiger partial charge < -0.3 is 4.42 Å². The second kappa shape index (κ2) is 4.66. The van der Waals surface area contributed by atoms with Crippen LogP contribution < -0.4 is 4.72 Å². The minimum absolute atomic E-state index is 0.253. The first kappa shape index (κ1) is 12.4. The van der Waals surface area contributed by atoms with E-state index in [1.807, 2.05) is 0 Å². The predicted octanol–water partition coefficient (Wildman–Crippen LogP) is 2.13. The van der Waals surface area contributed by atoms with Crippen LogP contribution >= 0.6 is 0 Å². The van der Waals surface area contributed by atoms with Gasteiger partial charge in [0.05, 0.1) is 6.26 Å². The van der Waals surface area contributed by atoms with Gasteiger partial charge in [-0.15, -0.1) is 0 Å². The van der Waals surface area contributed by atoms with E-state index in [1.54, 1.807) is 36.4 Å². The fraction of sp³-hybridized carbons (Fsp3) is 0.0833. The van der Waals surface area contributed by atoms with Crippen LogP contribution in [0.25, 0.3) is 11.3 Å². The van der Waals surface area contributed by atoms with Crippen molar-refractivity contribution in [3.63, 3.8) is 0 Å². The number of anilines is 1. The van der Waals surface area contributed by atoms with Crippen LogP contribution in [0.4, 0.5) is 5.69 Å². The maximum absolute atomic E-state index is 11.0. The Morgan fingerprint density at radius 3 is 2.28 bits per heavy atom. The van der Waals surface area contributed by atoms with Gasteiger partial charge in [-0.2, -0.15) is 0 Å². The molecule has 0 bridgehead atoms. The van der Waals surface area contributed by atoms with Gasteiger partial charge in [0.25, 0.3) is 0 Å². The Balaban J connectivity index is 2.24. The van der Waals surface area contributed by atoms with Gasteiger partial charge in [-0.1, -0.05) is 0 Å². The zero-order chi connectivity index (χ0) is 13.2. The topological polar surface area (TPSA) is 76.4 Å². The molecule has 0 saturated heterocycles. The van der Waals surface area contributed by atoms with Gasteiger partial charge in [0.1, 0.15) is 5.76 Å². The second-order valence-corrected chi connectivity index (χ2v) is 5.52. The zero-order valence-electron chi connectivity index (χ0n) is 9.58. The van der Waals surface area contributed by atoms with Gasteiger partial charge in [-0.3, -0.25) is 9.52 Å². The lowest BCUT2D eigenvalue weighted by Crippen LogP contribution is -2.09. The van der Waals surface area contributed by atoms with Crippen LogP contribution in [0.15, 0.2) is 40.8 Å². The molecule has 94 valence electrons. The molecule has 5 nitrogen and oxygen atoms in total. The van der Waals surface area contributed by atoms with Crippen molar-refractivity contribution in [1.29, 1.82) is 0 Å². The average Bonchev–Trinajstić information content (AvgIpc) is 2.76. The van der Waals surface area contributed by atoms with E-state index in [0.717, 1.165) is 11.8 Å². The number of hydrogen-bond donors (Lipinski definition) is 1. The smallest absolute Gasteiger partial charge is 0.229 e. The predicted molar refractivity (Wildman–Crippen MR) is 68.0 cm³/mol. The first-order chi connectivity index (χ1) is 8.48. The molecular weight excluding hydrogens is 254 g/mol. The molecule has 1 aromatic heterocycles. The lowest BCUT2D eigenvalue weighted by Gasteiger charge is -2.04. The maximum atomic E-state index is 11.0. The Morgan fingerprint density at radius 1 is 1.11 bits per heavy atom. The largest absolute Gasteiger partial charge is 0.453 e. The van der Waals surface area contributed by atoms with Crippen LogP contribution in [-0.2, 0) is 10.0 Å². The second-order valence-electron chi connectivity index (χ2n) is 3.77. The average molecular weight is 265 g/mol. The zero-order valence-corrected chi connectivity index (χ0v) is 10.4. The number of furan rings is 1. The normalized spacial score (nSPS) is 11.2. The van der Waals surface area contributed by atoms with Crippen LogP contribution in [0.5, 0.6) is 0 Å². The maximum Gasteiger partial charge on any atom is 0.229 e. The number of carbonyl (C=O) groups is 1. The number of rotatable bonds is 4. The first-order valence-electron chi connectivity index (χ1n) is 5.11. The molecule has 1 aromatic carbocycles. The summed E-state index contributed by atoms with van der Waals surface area (Å²) in [7, 11) is -3.27. The van der Waals surface area contributed by atoms with Crippen LogP contribution in [0.2, 0.25) is 0 Å². The first-order valence-corrected chi connectivity index (χ1v) is 7.00. The van der Waals surface area contributed by atoms with Gasteiger partial charge in [-0.25, -0.2) is 8.42 Å². The van der Waals surface area contributed by atoms with Crippen molar-refractivity contribution in [3.05, 3.63) is 42.2 Å². The van der Waals surface area contributed by atoms with Crippen molar-refractivity contribution < 1.29 is 17.6 Å². The van der Waals surface area contributed by atoms with Crippen LogP contribution in [-0.4, -0.2) is 21.0 Å². The Kier molecular flexibility index (Phi) is 3.20. The molecule has 0 aliphatic heterocycles. The van der Waals surface area contributed by atoms with E-state index in [4.69, 9.17) is 4.42 Å². The minimum Gasteiger partial charge on any atom is -0.453 e. The Bertz CT molecular complexity index is 656. The molecule has 18 heavy (non-hydrogen) atoms. The summed E-state index contributed by atoms with van der Waals surface area (Å²) in [4.78, 5) is 10.5. The molecule has 0 atom stereocenters. The molecule has 0 radical (unpaired) electrons. The summed E-state index contributed by atoms with van der Waals surface area (Å²) in [5.41, 5.74) is 1.24. The van der Waals surface area contributed by atoms with Crippen LogP contribution in [0, 0.1) is 0 Å². The van der Waals surface area contributed by atoms with Gasteiger partial charge in [-0.05, 0) is 36.4 Å². The summed E-state index contributed by atoms with van der Waals surface area (Å²) in [6.45, 7) is 0. The summed E-state index contributed by atoms with van der Waals surface area (Å²) >= 11 is 0. The molecule has 0 amide bonds. The van der Waals surface area contributed by atoms with Crippen molar-refractivity contribution in [2.24, 2.45) is 0 Å². The molecule has 0 spiro atoms. The summed E-state index contributed by atoms with van der Waals surface area (Å²) in [6, 6.07) is 9.93. The third-order valence-electron chi connectivity index (χ3n) is 2.22. The monoisotopic (exact) mass is 265 g/mol. The molecular formula is C12H11NO4S. The number of sulfonamides is 1. The van der Waals surface area contributed by atoms with Crippen molar-refractivity contribution in [2.45, 2.75) is 0 Å². The van der Waals surface area contributed by atoms with E-state index >= 15 is 0 Å². The third-order valence-corrected chi connectivity index (χ3v) is 2.82. The molecule has 0 aliphatic rings. The Labute approximate surface area is 104 Å². The SMILES string of the molecule is CS(=O)(=O)Nc1ccc(-c2ccc(C=O)o2)cc1. The number of hydrogen-bond acceptors (Lipinski definition) is 4. The number of carbonyl (C=O) groups excluding carboxylic acids is 1. The Morgan fingerprint density at radius 2 is 1.78 bits per heavy atom. The number of benzene rings is 1. The fourth-order valence-electron chi connectivity index (χ4n) is 1.49. The lowest BCUT2D eigenvalue weighted by atomic mass is 10.1. The van der Waals surface area contributed by atoms with E-state index < -0.39 is 10.0 Å².